The zero-order valence-corrected chi connectivity index (χ0v) is 9.00. The minimum Gasteiger partial charge on any atom is -0.392 e. The highest BCUT2D eigenvalue weighted by molar-refractivity contribution is 6.35. The number of rotatable bonds is 2. The van der Waals surface area contributed by atoms with E-state index in [0.29, 0.717) is 11.9 Å². The van der Waals surface area contributed by atoms with Crippen LogP contribution in [0.25, 0.3) is 10.9 Å². The van der Waals surface area contributed by atoms with Gasteiger partial charge in [-0.15, -0.1) is 0 Å². The van der Waals surface area contributed by atoms with Crippen LogP contribution in [0.15, 0.2) is 24.4 Å². The molecule has 0 fully saturated rings. The van der Waals surface area contributed by atoms with Gasteiger partial charge in [-0.05, 0) is 25.1 Å². The zero-order valence-electron chi connectivity index (χ0n) is 8.24. The number of nitrogens with zero attached hydrogens (tertiary/aromatic N) is 1. The summed E-state index contributed by atoms with van der Waals surface area (Å²) in [4.78, 5) is 0. The zero-order chi connectivity index (χ0) is 11.0. The molecule has 0 aliphatic carbocycles. The molecule has 1 N–H and O–H groups in total. The summed E-state index contributed by atoms with van der Waals surface area (Å²) in [5.74, 6) is -0.418. The lowest BCUT2D eigenvalue weighted by molar-refractivity contribution is 0.175. The van der Waals surface area contributed by atoms with Gasteiger partial charge < -0.3 is 9.67 Å². The van der Waals surface area contributed by atoms with Crippen LogP contribution in [0.1, 0.15) is 6.92 Å². The van der Waals surface area contributed by atoms with E-state index in [1.54, 1.807) is 25.3 Å². The largest absolute Gasteiger partial charge is 0.392 e. The predicted octanol–water partition coefficient (Wildman–Crippen LogP) is 2.81. The van der Waals surface area contributed by atoms with Crippen LogP contribution in [0.2, 0.25) is 5.02 Å². The molecule has 0 radical (unpaired) electrons. The topological polar surface area (TPSA) is 25.2 Å². The van der Waals surface area contributed by atoms with Crippen molar-refractivity contribution in [2.45, 2.75) is 19.6 Å². The molecule has 0 saturated heterocycles. The summed E-state index contributed by atoms with van der Waals surface area (Å²) in [6.07, 6.45) is 1.35. The number of aliphatic hydroxyl groups is 1. The van der Waals surface area contributed by atoms with Gasteiger partial charge in [0.25, 0.3) is 0 Å². The van der Waals surface area contributed by atoms with Crippen LogP contribution in [0, 0.1) is 5.82 Å². The molecule has 2 aromatic rings. The van der Waals surface area contributed by atoms with Gasteiger partial charge in [0.1, 0.15) is 5.82 Å². The van der Waals surface area contributed by atoms with Gasteiger partial charge in [0.2, 0.25) is 0 Å². The fourth-order valence-corrected chi connectivity index (χ4v) is 1.88. The Labute approximate surface area is 91.9 Å². The first-order valence-electron chi connectivity index (χ1n) is 4.70. The van der Waals surface area contributed by atoms with Crippen LogP contribution in [0.3, 0.4) is 0 Å². The predicted molar refractivity (Wildman–Crippen MR) is 58.6 cm³/mol. The van der Waals surface area contributed by atoms with Crippen LogP contribution in [0.4, 0.5) is 4.39 Å². The minimum absolute atomic E-state index is 0.136. The summed E-state index contributed by atoms with van der Waals surface area (Å²) in [5.41, 5.74) is 0.835. The Bertz CT molecular complexity index is 493. The second-order valence-corrected chi connectivity index (χ2v) is 3.99. The summed E-state index contributed by atoms with van der Waals surface area (Å²) in [5, 5.41) is 10.1. The van der Waals surface area contributed by atoms with Crippen molar-refractivity contribution in [2.75, 3.05) is 0 Å². The van der Waals surface area contributed by atoms with Crippen molar-refractivity contribution in [3.8, 4) is 0 Å². The van der Waals surface area contributed by atoms with E-state index in [1.165, 1.54) is 6.07 Å². The van der Waals surface area contributed by atoms with Crippen LogP contribution in [-0.4, -0.2) is 15.8 Å². The molecule has 15 heavy (non-hydrogen) atoms. The third-order valence-electron chi connectivity index (χ3n) is 2.30. The molecule has 1 aromatic heterocycles. The molecule has 2 nitrogen and oxygen atoms in total. The Morgan fingerprint density at radius 3 is 2.87 bits per heavy atom. The van der Waals surface area contributed by atoms with Crippen molar-refractivity contribution < 1.29 is 9.50 Å². The highest BCUT2D eigenvalue weighted by Gasteiger charge is 2.09. The van der Waals surface area contributed by atoms with Gasteiger partial charge in [-0.25, -0.2) is 4.39 Å². The number of halogens is 2. The molecule has 80 valence electrons. The number of hydrogen-bond acceptors (Lipinski definition) is 1. The van der Waals surface area contributed by atoms with E-state index in [0.717, 1.165) is 5.52 Å². The highest BCUT2D eigenvalue weighted by Crippen LogP contribution is 2.27. The summed E-state index contributed by atoms with van der Waals surface area (Å²) in [6.45, 7) is 2.18. The first-order valence-corrected chi connectivity index (χ1v) is 5.08. The number of aliphatic hydroxyl groups excluding tert-OH is 1. The molecule has 1 atom stereocenters. The molecule has 0 unspecified atom stereocenters. The van der Waals surface area contributed by atoms with Gasteiger partial charge in [-0.2, -0.15) is 0 Å². The van der Waals surface area contributed by atoms with Crippen LogP contribution >= 0.6 is 11.6 Å². The standard InChI is InChI=1S/C11H11ClFNO/c1-7(15)6-14-5-4-8-10(14)3-2-9(13)11(8)12/h2-5,7,15H,6H2,1H3/t7-/m1/s1. The van der Waals surface area contributed by atoms with E-state index in [4.69, 9.17) is 11.6 Å². The monoisotopic (exact) mass is 227 g/mol. The molecule has 0 aliphatic heterocycles. The maximum atomic E-state index is 13.1. The van der Waals surface area contributed by atoms with E-state index in [1.807, 2.05) is 4.57 Å². The van der Waals surface area contributed by atoms with E-state index in [9.17, 15) is 9.50 Å². The summed E-state index contributed by atoms with van der Waals surface area (Å²) < 4.78 is 15.0. The molecule has 0 amide bonds. The van der Waals surface area contributed by atoms with Crippen LogP contribution in [0.5, 0.6) is 0 Å². The molecule has 1 aromatic carbocycles. The SMILES string of the molecule is C[C@@H](O)Cn1ccc2c(Cl)c(F)ccc21. The lowest BCUT2D eigenvalue weighted by atomic mass is 10.2. The second-order valence-electron chi connectivity index (χ2n) is 3.61. The van der Waals surface area contributed by atoms with Crippen LogP contribution < -0.4 is 0 Å². The number of hydrogen-bond donors (Lipinski definition) is 1. The second kappa shape index (κ2) is 3.83. The summed E-state index contributed by atoms with van der Waals surface area (Å²) in [6, 6.07) is 4.76. The van der Waals surface area contributed by atoms with Gasteiger partial charge in [-0.1, -0.05) is 11.6 Å². The smallest absolute Gasteiger partial charge is 0.142 e. The van der Waals surface area contributed by atoms with Crippen molar-refractivity contribution >= 4 is 22.5 Å². The molecular weight excluding hydrogens is 217 g/mol. The van der Waals surface area contributed by atoms with Crippen molar-refractivity contribution in [2.24, 2.45) is 0 Å². The van der Waals surface area contributed by atoms with Gasteiger partial charge in [0, 0.05) is 23.6 Å². The Morgan fingerprint density at radius 2 is 2.20 bits per heavy atom. The maximum Gasteiger partial charge on any atom is 0.142 e. The minimum atomic E-state index is -0.440. The van der Waals surface area contributed by atoms with E-state index < -0.39 is 11.9 Å². The van der Waals surface area contributed by atoms with Gasteiger partial charge in [-0.3, -0.25) is 0 Å². The Morgan fingerprint density at radius 1 is 1.47 bits per heavy atom. The van der Waals surface area contributed by atoms with Crippen molar-refractivity contribution in [1.82, 2.24) is 4.57 Å². The summed E-state index contributed by atoms with van der Waals surface area (Å²) >= 11 is 5.83. The lowest BCUT2D eigenvalue weighted by Crippen LogP contribution is -2.10. The van der Waals surface area contributed by atoms with Crippen molar-refractivity contribution in [3.05, 3.63) is 35.2 Å². The molecular formula is C11H11ClFNO. The lowest BCUT2D eigenvalue weighted by Gasteiger charge is -2.07. The normalized spacial score (nSPS) is 13.3. The summed E-state index contributed by atoms with van der Waals surface area (Å²) in [7, 11) is 0. The third kappa shape index (κ3) is 1.85. The van der Waals surface area contributed by atoms with Gasteiger partial charge in [0.05, 0.1) is 11.1 Å². The Hall–Kier alpha value is -1.06. The number of aromatic nitrogens is 1. The van der Waals surface area contributed by atoms with E-state index >= 15 is 0 Å². The third-order valence-corrected chi connectivity index (χ3v) is 2.69. The number of fused-ring (bicyclic) bond motifs is 1. The van der Waals surface area contributed by atoms with Gasteiger partial charge in [0.15, 0.2) is 0 Å². The molecule has 4 heteroatoms. The first-order chi connectivity index (χ1) is 7.09. The van der Waals surface area contributed by atoms with Gasteiger partial charge >= 0.3 is 0 Å². The molecule has 1 heterocycles. The molecule has 0 saturated carbocycles. The average molecular weight is 228 g/mol. The molecule has 0 aliphatic rings. The maximum absolute atomic E-state index is 13.1. The molecule has 0 spiro atoms. The Balaban J connectivity index is 2.57. The van der Waals surface area contributed by atoms with E-state index in [2.05, 4.69) is 0 Å². The highest BCUT2D eigenvalue weighted by atomic mass is 35.5. The van der Waals surface area contributed by atoms with E-state index in [-0.39, 0.29) is 5.02 Å². The average Bonchev–Trinajstić information content (AvgIpc) is 2.55. The van der Waals surface area contributed by atoms with Crippen molar-refractivity contribution in [3.63, 3.8) is 0 Å². The Kier molecular flexibility index (Phi) is 2.67. The molecule has 2 rings (SSSR count). The number of benzene rings is 1. The first kappa shape index (κ1) is 10.5. The van der Waals surface area contributed by atoms with Crippen LogP contribution in [-0.2, 0) is 6.54 Å². The fraction of sp³-hybridized carbons (Fsp3) is 0.273. The quantitative estimate of drug-likeness (QED) is 0.839. The molecule has 0 bridgehead atoms. The fourth-order valence-electron chi connectivity index (χ4n) is 1.65. The van der Waals surface area contributed by atoms with Crippen molar-refractivity contribution in [1.29, 1.82) is 0 Å².